The second-order valence-corrected chi connectivity index (χ2v) is 5.98. The number of urea groups is 1. The van der Waals surface area contributed by atoms with Crippen LogP contribution in [-0.4, -0.2) is 28.8 Å². The number of carboxylic acid groups (broad SMARTS) is 1. The fourth-order valence-electron chi connectivity index (χ4n) is 2.81. The smallest absolute Gasteiger partial charge is 0.339 e. The average molecular weight is 290 g/mol. The van der Waals surface area contributed by atoms with Gasteiger partial charge in [-0.25, -0.2) is 9.59 Å². The molecule has 6 nitrogen and oxygen atoms in total. The third-order valence-corrected chi connectivity index (χ3v) is 4.42. The number of anilines is 1. The SMILES string of the molecule is O=C(NCC1(C2CC2)CC1)Nc1ccc(C(=O)O)c(O)c1. The Morgan fingerprint density at radius 2 is 2.00 bits per heavy atom. The standard InChI is InChI=1S/C15H18N2O4/c18-12-7-10(3-4-11(12)13(19)20)17-14(21)16-8-15(5-6-15)9-1-2-9/h3-4,7,9,18H,1-2,5-6,8H2,(H,19,20)(H2,16,17,21). The van der Waals surface area contributed by atoms with Gasteiger partial charge in [0.05, 0.1) is 0 Å². The number of hydrogen-bond acceptors (Lipinski definition) is 3. The predicted molar refractivity (Wildman–Crippen MR) is 76.5 cm³/mol. The topological polar surface area (TPSA) is 98.7 Å². The first-order valence-corrected chi connectivity index (χ1v) is 7.11. The van der Waals surface area contributed by atoms with Gasteiger partial charge in [0.2, 0.25) is 0 Å². The van der Waals surface area contributed by atoms with Crippen molar-refractivity contribution in [2.24, 2.45) is 11.3 Å². The van der Waals surface area contributed by atoms with E-state index in [0.29, 0.717) is 17.6 Å². The van der Waals surface area contributed by atoms with E-state index in [2.05, 4.69) is 10.6 Å². The van der Waals surface area contributed by atoms with Crippen LogP contribution in [0.25, 0.3) is 0 Å². The van der Waals surface area contributed by atoms with Crippen molar-refractivity contribution in [3.63, 3.8) is 0 Å². The summed E-state index contributed by atoms with van der Waals surface area (Å²) in [5, 5.41) is 23.9. The van der Waals surface area contributed by atoms with Crippen molar-refractivity contribution in [1.82, 2.24) is 5.32 Å². The van der Waals surface area contributed by atoms with Gasteiger partial charge in [-0.05, 0) is 49.1 Å². The summed E-state index contributed by atoms with van der Waals surface area (Å²) in [4.78, 5) is 22.6. The number of amides is 2. The summed E-state index contributed by atoms with van der Waals surface area (Å²) in [5.74, 6) is -0.794. The summed E-state index contributed by atoms with van der Waals surface area (Å²) in [6.45, 7) is 0.683. The maximum atomic E-state index is 11.8. The molecule has 1 aromatic rings. The monoisotopic (exact) mass is 290 g/mol. The normalized spacial score (nSPS) is 18.9. The van der Waals surface area contributed by atoms with E-state index in [1.807, 2.05) is 0 Å². The van der Waals surface area contributed by atoms with Crippen LogP contribution in [0.3, 0.4) is 0 Å². The fourth-order valence-corrected chi connectivity index (χ4v) is 2.81. The molecule has 112 valence electrons. The van der Waals surface area contributed by atoms with E-state index in [1.165, 1.54) is 43.9 Å². The molecule has 6 heteroatoms. The summed E-state index contributed by atoms with van der Waals surface area (Å²) < 4.78 is 0. The van der Waals surface area contributed by atoms with Crippen molar-refractivity contribution in [2.45, 2.75) is 25.7 Å². The highest BCUT2D eigenvalue weighted by molar-refractivity contribution is 5.93. The molecule has 0 saturated heterocycles. The molecule has 0 heterocycles. The van der Waals surface area contributed by atoms with Gasteiger partial charge in [-0.15, -0.1) is 0 Å². The molecule has 2 aliphatic carbocycles. The molecule has 0 aliphatic heterocycles. The zero-order chi connectivity index (χ0) is 15.0. The largest absolute Gasteiger partial charge is 0.507 e. The number of benzene rings is 1. The molecule has 0 aromatic heterocycles. The quantitative estimate of drug-likeness (QED) is 0.669. The summed E-state index contributed by atoms with van der Waals surface area (Å²) in [6.07, 6.45) is 4.92. The number of nitrogens with one attached hydrogen (secondary N) is 2. The number of rotatable bonds is 5. The zero-order valence-electron chi connectivity index (χ0n) is 11.6. The van der Waals surface area contributed by atoms with Crippen LogP contribution in [0.5, 0.6) is 5.75 Å². The molecular weight excluding hydrogens is 272 g/mol. The summed E-state index contributed by atoms with van der Waals surface area (Å²) in [5.41, 5.74) is 0.505. The van der Waals surface area contributed by atoms with Crippen molar-refractivity contribution >= 4 is 17.7 Å². The highest BCUT2D eigenvalue weighted by atomic mass is 16.4. The molecule has 0 unspecified atom stereocenters. The Morgan fingerprint density at radius 3 is 2.52 bits per heavy atom. The van der Waals surface area contributed by atoms with Crippen molar-refractivity contribution in [1.29, 1.82) is 0 Å². The number of phenols is 1. The molecule has 21 heavy (non-hydrogen) atoms. The highest BCUT2D eigenvalue weighted by Gasteiger charge is 2.53. The van der Waals surface area contributed by atoms with E-state index in [0.717, 1.165) is 5.92 Å². The third-order valence-electron chi connectivity index (χ3n) is 4.42. The number of aromatic carboxylic acids is 1. The van der Waals surface area contributed by atoms with Crippen LogP contribution < -0.4 is 10.6 Å². The lowest BCUT2D eigenvalue weighted by atomic mass is 10.0. The maximum absolute atomic E-state index is 11.8. The highest BCUT2D eigenvalue weighted by Crippen LogP contribution is 2.60. The van der Waals surface area contributed by atoms with E-state index in [1.54, 1.807) is 0 Å². The second-order valence-electron chi connectivity index (χ2n) is 5.98. The molecular formula is C15H18N2O4. The Labute approximate surface area is 122 Å². The van der Waals surface area contributed by atoms with Gasteiger partial charge in [0.1, 0.15) is 11.3 Å². The minimum Gasteiger partial charge on any atom is -0.507 e. The second kappa shape index (κ2) is 4.95. The molecule has 1 aromatic carbocycles. The first-order chi connectivity index (χ1) is 10.00. The van der Waals surface area contributed by atoms with Gasteiger partial charge in [0.25, 0.3) is 0 Å². The third kappa shape index (κ3) is 2.94. The number of aromatic hydroxyl groups is 1. The Morgan fingerprint density at radius 1 is 1.29 bits per heavy atom. The van der Waals surface area contributed by atoms with Crippen LogP contribution in [0, 0.1) is 11.3 Å². The number of carbonyl (C=O) groups is 2. The van der Waals surface area contributed by atoms with E-state index < -0.39 is 5.97 Å². The summed E-state index contributed by atoms with van der Waals surface area (Å²) in [7, 11) is 0. The molecule has 0 radical (unpaired) electrons. The molecule has 2 amide bonds. The van der Waals surface area contributed by atoms with Crippen LogP contribution in [0.2, 0.25) is 0 Å². The van der Waals surface area contributed by atoms with Crippen LogP contribution in [0.1, 0.15) is 36.0 Å². The Kier molecular flexibility index (Phi) is 3.23. The van der Waals surface area contributed by atoms with Crippen molar-refractivity contribution in [2.75, 3.05) is 11.9 Å². The maximum Gasteiger partial charge on any atom is 0.339 e. The van der Waals surface area contributed by atoms with Gasteiger partial charge in [-0.1, -0.05) is 0 Å². The van der Waals surface area contributed by atoms with Gasteiger partial charge >= 0.3 is 12.0 Å². The van der Waals surface area contributed by atoms with Crippen molar-refractivity contribution in [3.8, 4) is 5.75 Å². The fraction of sp³-hybridized carbons (Fsp3) is 0.467. The Balaban J connectivity index is 1.55. The molecule has 0 spiro atoms. The molecule has 2 saturated carbocycles. The summed E-state index contributed by atoms with van der Waals surface area (Å²) in [6, 6.07) is 3.62. The number of carboxylic acids is 1. The van der Waals surface area contributed by atoms with Gasteiger partial charge in [0, 0.05) is 18.3 Å². The lowest BCUT2D eigenvalue weighted by Crippen LogP contribution is -2.34. The van der Waals surface area contributed by atoms with Crippen LogP contribution in [0.4, 0.5) is 10.5 Å². The first-order valence-electron chi connectivity index (χ1n) is 7.11. The van der Waals surface area contributed by atoms with E-state index >= 15 is 0 Å². The molecule has 0 atom stereocenters. The lowest BCUT2D eigenvalue weighted by Gasteiger charge is -2.15. The zero-order valence-corrected chi connectivity index (χ0v) is 11.6. The molecule has 3 rings (SSSR count). The molecule has 2 aliphatic rings. The first kappa shape index (κ1) is 13.7. The number of hydrogen-bond donors (Lipinski definition) is 4. The average Bonchev–Trinajstić information content (AvgIpc) is 3.28. The Hall–Kier alpha value is -2.24. The molecule has 4 N–H and O–H groups in total. The van der Waals surface area contributed by atoms with Crippen LogP contribution in [-0.2, 0) is 0 Å². The molecule has 2 fully saturated rings. The summed E-state index contributed by atoms with van der Waals surface area (Å²) >= 11 is 0. The molecule has 0 bridgehead atoms. The van der Waals surface area contributed by atoms with E-state index in [-0.39, 0.29) is 17.3 Å². The predicted octanol–water partition coefficient (Wildman–Crippen LogP) is 2.40. The van der Waals surface area contributed by atoms with E-state index in [4.69, 9.17) is 5.11 Å². The van der Waals surface area contributed by atoms with Crippen LogP contribution in [0.15, 0.2) is 18.2 Å². The minimum absolute atomic E-state index is 0.188. The van der Waals surface area contributed by atoms with Gasteiger partial charge in [0.15, 0.2) is 0 Å². The van der Waals surface area contributed by atoms with Gasteiger partial charge in [-0.3, -0.25) is 0 Å². The van der Waals surface area contributed by atoms with E-state index in [9.17, 15) is 14.7 Å². The van der Waals surface area contributed by atoms with Gasteiger partial charge in [-0.2, -0.15) is 0 Å². The Bertz CT molecular complexity index is 591. The van der Waals surface area contributed by atoms with Crippen molar-refractivity contribution in [3.05, 3.63) is 23.8 Å². The van der Waals surface area contributed by atoms with Crippen LogP contribution >= 0.6 is 0 Å². The van der Waals surface area contributed by atoms with Crippen molar-refractivity contribution < 1.29 is 19.8 Å². The number of carbonyl (C=O) groups excluding carboxylic acids is 1. The minimum atomic E-state index is -1.20. The van der Waals surface area contributed by atoms with Gasteiger partial charge < -0.3 is 20.8 Å². The lowest BCUT2D eigenvalue weighted by molar-refractivity contribution is 0.0694.